The third kappa shape index (κ3) is 3.81. The lowest BCUT2D eigenvalue weighted by Crippen LogP contribution is -2.38. The third-order valence-corrected chi connectivity index (χ3v) is 4.72. The van der Waals surface area contributed by atoms with Crippen molar-refractivity contribution < 1.29 is 8.94 Å². The summed E-state index contributed by atoms with van der Waals surface area (Å²) in [7, 11) is 0. The summed E-state index contributed by atoms with van der Waals surface area (Å²) in [6, 6.07) is 3.70. The SMILES string of the molecule is CC(CC(C)(C)[S+](N)[O-])c1ccc(-n2cc(F)cn2)nc1. The first-order chi connectivity index (χ1) is 9.79. The number of rotatable bonds is 5. The van der Waals surface area contributed by atoms with E-state index in [1.165, 1.54) is 10.9 Å². The van der Waals surface area contributed by atoms with E-state index in [9.17, 15) is 8.94 Å². The Hall–Kier alpha value is -1.44. The van der Waals surface area contributed by atoms with Crippen LogP contribution < -0.4 is 5.14 Å². The van der Waals surface area contributed by atoms with E-state index in [1.54, 1.807) is 12.3 Å². The zero-order valence-corrected chi connectivity index (χ0v) is 13.1. The summed E-state index contributed by atoms with van der Waals surface area (Å²) in [4.78, 5) is 4.28. The molecule has 0 aliphatic heterocycles. The van der Waals surface area contributed by atoms with Crippen LogP contribution in [0, 0.1) is 5.82 Å². The van der Waals surface area contributed by atoms with E-state index in [-0.39, 0.29) is 5.92 Å². The second kappa shape index (κ2) is 6.13. The van der Waals surface area contributed by atoms with Gasteiger partial charge in [-0.1, -0.05) is 13.0 Å². The van der Waals surface area contributed by atoms with Gasteiger partial charge in [0.2, 0.25) is 0 Å². The Morgan fingerprint density at radius 2 is 2.14 bits per heavy atom. The van der Waals surface area contributed by atoms with Gasteiger partial charge in [0.1, 0.15) is 4.75 Å². The molecule has 0 aliphatic carbocycles. The van der Waals surface area contributed by atoms with E-state index in [4.69, 9.17) is 5.14 Å². The van der Waals surface area contributed by atoms with E-state index >= 15 is 0 Å². The highest BCUT2D eigenvalue weighted by molar-refractivity contribution is 7.90. The Labute approximate surface area is 126 Å². The molecule has 2 aromatic heterocycles. The van der Waals surface area contributed by atoms with Crippen molar-refractivity contribution in [1.82, 2.24) is 14.8 Å². The maximum atomic E-state index is 12.9. The van der Waals surface area contributed by atoms with Crippen molar-refractivity contribution in [3.8, 4) is 5.82 Å². The molecule has 21 heavy (non-hydrogen) atoms. The van der Waals surface area contributed by atoms with Gasteiger partial charge in [-0.05, 0) is 31.4 Å². The van der Waals surface area contributed by atoms with E-state index in [2.05, 4.69) is 10.1 Å². The number of pyridine rings is 1. The third-order valence-electron chi connectivity index (χ3n) is 3.47. The lowest BCUT2D eigenvalue weighted by Gasteiger charge is -2.27. The van der Waals surface area contributed by atoms with Gasteiger partial charge >= 0.3 is 0 Å². The molecule has 0 bridgehead atoms. The molecule has 0 saturated heterocycles. The Balaban J connectivity index is 2.12. The molecule has 2 atom stereocenters. The molecular weight excluding hydrogens is 291 g/mol. The molecule has 0 amide bonds. The van der Waals surface area contributed by atoms with Gasteiger partial charge in [-0.25, -0.2) is 14.1 Å². The summed E-state index contributed by atoms with van der Waals surface area (Å²) >= 11 is -1.38. The van der Waals surface area contributed by atoms with E-state index < -0.39 is 21.9 Å². The molecule has 0 aromatic carbocycles. The first-order valence-electron chi connectivity index (χ1n) is 6.62. The highest BCUT2D eigenvalue weighted by Gasteiger charge is 2.32. The number of nitrogens with zero attached hydrogens (tertiary/aromatic N) is 3. The van der Waals surface area contributed by atoms with Gasteiger partial charge in [-0.15, -0.1) is 0 Å². The van der Waals surface area contributed by atoms with Crippen LogP contribution in [0.4, 0.5) is 4.39 Å². The Bertz CT molecular complexity index is 597. The molecule has 0 aliphatic rings. The largest absolute Gasteiger partial charge is 0.598 e. The van der Waals surface area contributed by atoms with Crippen molar-refractivity contribution in [3.63, 3.8) is 0 Å². The number of hydrogen-bond acceptors (Lipinski definition) is 4. The Morgan fingerprint density at radius 1 is 1.43 bits per heavy atom. The lowest BCUT2D eigenvalue weighted by molar-refractivity contribution is 0.499. The maximum Gasteiger partial charge on any atom is 0.161 e. The highest BCUT2D eigenvalue weighted by Crippen LogP contribution is 2.29. The van der Waals surface area contributed by atoms with Crippen molar-refractivity contribution in [2.24, 2.45) is 5.14 Å². The maximum absolute atomic E-state index is 12.9. The van der Waals surface area contributed by atoms with Crippen molar-refractivity contribution in [2.75, 3.05) is 0 Å². The van der Waals surface area contributed by atoms with Crippen molar-refractivity contribution >= 4 is 11.4 Å². The predicted molar refractivity (Wildman–Crippen MR) is 80.8 cm³/mol. The number of nitrogens with two attached hydrogens (primary N) is 1. The second-order valence-electron chi connectivity index (χ2n) is 5.72. The van der Waals surface area contributed by atoms with Crippen LogP contribution in [0.3, 0.4) is 0 Å². The van der Waals surface area contributed by atoms with Gasteiger partial charge in [-0.3, -0.25) is 0 Å². The molecular formula is C14H19FN4OS. The fraction of sp³-hybridized carbons (Fsp3) is 0.429. The van der Waals surface area contributed by atoms with Crippen molar-refractivity contribution in [1.29, 1.82) is 0 Å². The van der Waals surface area contributed by atoms with Crippen LogP contribution in [0.5, 0.6) is 0 Å². The molecule has 2 aromatic rings. The minimum absolute atomic E-state index is 0.170. The first kappa shape index (κ1) is 15.9. The summed E-state index contributed by atoms with van der Waals surface area (Å²) in [5, 5.41) is 9.37. The molecule has 0 radical (unpaired) electrons. The fourth-order valence-electron chi connectivity index (χ4n) is 2.19. The van der Waals surface area contributed by atoms with Crippen LogP contribution in [0.1, 0.15) is 38.7 Å². The lowest BCUT2D eigenvalue weighted by atomic mass is 9.92. The average Bonchev–Trinajstić information content (AvgIpc) is 2.85. The van der Waals surface area contributed by atoms with Gasteiger partial charge in [0, 0.05) is 24.0 Å². The van der Waals surface area contributed by atoms with Crippen molar-refractivity contribution in [3.05, 3.63) is 42.1 Å². The van der Waals surface area contributed by atoms with Gasteiger partial charge in [0.05, 0.1) is 12.4 Å². The monoisotopic (exact) mass is 310 g/mol. The minimum atomic E-state index is -1.38. The summed E-state index contributed by atoms with van der Waals surface area (Å²) < 4.78 is 25.4. The molecule has 2 heterocycles. The minimum Gasteiger partial charge on any atom is -0.598 e. The van der Waals surface area contributed by atoms with Gasteiger partial charge in [0.15, 0.2) is 11.6 Å². The number of halogens is 1. The van der Waals surface area contributed by atoms with Gasteiger partial charge in [-0.2, -0.15) is 10.2 Å². The standard InChI is InChI=1S/C14H19FN4OS/c1-10(6-14(2,3)21(16)20)11-4-5-13(17-7-11)19-9-12(15)8-18-19/h4-5,7-10H,6,16H2,1-3H3. The number of aromatic nitrogens is 3. The van der Waals surface area contributed by atoms with Gasteiger partial charge in [0.25, 0.3) is 0 Å². The zero-order chi connectivity index (χ0) is 15.6. The van der Waals surface area contributed by atoms with Crippen LogP contribution in [0.15, 0.2) is 30.7 Å². The summed E-state index contributed by atoms with van der Waals surface area (Å²) in [5.74, 6) is 0.321. The molecule has 0 saturated carbocycles. The Kier molecular flexibility index (Phi) is 4.65. The van der Waals surface area contributed by atoms with Crippen LogP contribution in [0.25, 0.3) is 5.82 Å². The Morgan fingerprint density at radius 3 is 2.62 bits per heavy atom. The second-order valence-corrected chi connectivity index (χ2v) is 7.42. The predicted octanol–water partition coefficient (Wildman–Crippen LogP) is 2.30. The molecule has 2 rings (SSSR count). The van der Waals surface area contributed by atoms with Crippen LogP contribution in [-0.2, 0) is 11.4 Å². The topological polar surface area (TPSA) is 79.8 Å². The molecule has 7 heteroatoms. The molecule has 114 valence electrons. The fourth-order valence-corrected chi connectivity index (χ4v) is 2.60. The normalized spacial score (nSPS) is 15.0. The molecule has 2 unspecified atom stereocenters. The van der Waals surface area contributed by atoms with E-state index in [1.807, 2.05) is 26.8 Å². The molecule has 0 spiro atoms. The van der Waals surface area contributed by atoms with Gasteiger partial charge < -0.3 is 4.55 Å². The van der Waals surface area contributed by atoms with Crippen LogP contribution in [0.2, 0.25) is 0 Å². The number of hydrogen-bond donors (Lipinski definition) is 1. The quantitative estimate of drug-likeness (QED) is 0.859. The summed E-state index contributed by atoms with van der Waals surface area (Å²) in [5.41, 5.74) is 1.02. The summed E-state index contributed by atoms with van der Waals surface area (Å²) in [6.45, 7) is 5.81. The summed E-state index contributed by atoms with van der Waals surface area (Å²) in [6.07, 6.45) is 4.83. The molecule has 5 nitrogen and oxygen atoms in total. The zero-order valence-electron chi connectivity index (χ0n) is 12.3. The highest BCUT2D eigenvalue weighted by atomic mass is 32.2. The van der Waals surface area contributed by atoms with Crippen molar-refractivity contribution in [2.45, 2.75) is 37.9 Å². The molecule has 0 fully saturated rings. The average molecular weight is 310 g/mol. The smallest absolute Gasteiger partial charge is 0.161 e. The van der Waals surface area contributed by atoms with Crippen LogP contribution >= 0.6 is 0 Å². The van der Waals surface area contributed by atoms with Crippen LogP contribution in [-0.4, -0.2) is 24.1 Å². The van der Waals surface area contributed by atoms with E-state index in [0.29, 0.717) is 12.2 Å². The first-order valence-corrected chi connectivity index (χ1v) is 7.83. The van der Waals surface area contributed by atoms with E-state index in [0.717, 1.165) is 11.8 Å². The molecule has 2 N–H and O–H groups in total.